The highest BCUT2D eigenvalue weighted by Crippen LogP contribution is 2.53. The van der Waals surface area contributed by atoms with E-state index in [1.54, 1.807) is 12.1 Å². The van der Waals surface area contributed by atoms with Crippen LogP contribution in [-0.4, -0.2) is 29.4 Å². The first-order valence-corrected chi connectivity index (χ1v) is 10.6. The number of benzene rings is 2. The lowest BCUT2D eigenvalue weighted by molar-refractivity contribution is 0.602. The topological polar surface area (TPSA) is 64.8 Å². The number of halogens is 2. The summed E-state index contributed by atoms with van der Waals surface area (Å²) in [5, 5.41) is 9.15. The standard InChI is InChI=1S/C19H18ClN3O2S.ClH/c1-23-17(15-9-8-14(12-16(15)20)26(2,24)25)21-22-18(23)19(10-11-19)13-6-4-3-5-7-13;/h3-9,12H,10-11H2,1-2H3;1H. The molecule has 5 nitrogen and oxygen atoms in total. The third-order valence-corrected chi connectivity index (χ3v) is 6.41. The van der Waals surface area contributed by atoms with Crippen molar-refractivity contribution in [3.05, 3.63) is 64.9 Å². The zero-order chi connectivity index (χ0) is 18.5. The van der Waals surface area contributed by atoms with Crippen LogP contribution in [0.25, 0.3) is 11.4 Å². The van der Waals surface area contributed by atoms with Crippen molar-refractivity contribution in [3.8, 4) is 11.4 Å². The minimum absolute atomic E-state index is 0. The fraction of sp³-hybridized carbons (Fsp3) is 0.263. The Balaban J connectivity index is 0.00000210. The van der Waals surface area contributed by atoms with Gasteiger partial charge in [0.25, 0.3) is 0 Å². The van der Waals surface area contributed by atoms with E-state index in [1.807, 2.05) is 29.8 Å². The van der Waals surface area contributed by atoms with Gasteiger partial charge in [-0.1, -0.05) is 41.9 Å². The van der Waals surface area contributed by atoms with E-state index in [4.69, 9.17) is 11.6 Å². The van der Waals surface area contributed by atoms with Gasteiger partial charge in [0.2, 0.25) is 0 Å². The maximum Gasteiger partial charge on any atom is 0.175 e. The van der Waals surface area contributed by atoms with Crippen LogP contribution in [0.5, 0.6) is 0 Å². The quantitative estimate of drug-likeness (QED) is 0.634. The van der Waals surface area contributed by atoms with Crippen LogP contribution in [0.2, 0.25) is 5.02 Å². The number of hydrogen-bond acceptors (Lipinski definition) is 4. The summed E-state index contributed by atoms with van der Waals surface area (Å²) in [5.74, 6) is 1.54. The van der Waals surface area contributed by atoms with Crippen molar-refractivity contribution in [2.24, 2.45) is 7.05 Å². The summed E-state index contributed by atoms with van der Waals surface area (Å²) in [6.45, 7) is 0. The molecule has 1 heterocycles. The minimum atomic E-state index is -3.31. The van der Waals surface area contributed by atoms with E-state index in [9.17, 15) is 8.42 Å². The minimum Gasteiger partial charge on any atom is -0.313 e. The molecule has 8 heteroatoms. The molecule has 0 aliphatic heterocycles. The van der Waals surface area contributed by atoms with Crippen molar-refractivity contribution in [2.45, 2.75) is 23.2 Å². The summed E-state index contributed by atoms with van der Waals surface area (Å²) < 4.78 is 25.4. The fourth-order valence-electron chi connectivity index (χ4n) is 3.41. The molecule has 0 N–H and O–H groups in total. The van der Waals surface area contributed by atoms with Gasteiger partial charge in [-0.25, -0.2) is 8.42 Å². The predicted octanol–water partition coefficient (Wildman–Crippen LogP) is 4.04. The summed E-state index contributed by atoms with van der Waals surface area (Å²) in [6.07, 6.45) is 3.23. The van der Waals surface area contributed by atoms with E-state index >= 15 is 0 Å². The number of sulfone groups is 1. The molecular weight excluding hydrogens is 405 g/mol. The Morgan fingerprint density at radius 1 is 1.07 bits per heavy atom. The molecule has 0 spiro atoms. The second-order valence-corrected chi connectivity index (χ2v) is 9.19. The van der Waals surface area contributed by atoms with Crippen LogP contribution in [-0.2, 0) is 22.3 Å². The van der Waals surface area contributed by atoms with Gasteiger partial charge < -0.3 is 4.57 Å². The molecule has 0 atom stereocenters. The number of nitrogens with zero attached hydrogens (tertiary/aromatic N) is 3. The Kier molecular flexibility index (Phi) is 5.10. The van der Waals surface area contributed by atoms with Crippen LogP contribution in [0.4, 0.5) is 0 Å². The first kappa shape index (κ1) is 19.9. The molecule has 0 radical (unpaired) electrons. The SMILES string of the molecule is Cl.Cn1c(-c2ccc(S(C)(=O)=O)cc2Cl)nnc1C1(c2ccccc2)CC1. The van der Waals surface area contributed by atoms with Crippen molar-refractivity contribution in [1.29, 1.82) is 0 Å². The molecule has 1 fully saturated rings. The Bertz CT molecular complexity index is 1090. The normalized spacial score (nSPS) is 15.2. The average molecular weight is 424 g/mol. The second kappa shape index (κ2) is 6.93. The van der Waals surface area contributed by atoms with Crippen molar-refractivity contribution in [1.82, 2.24) is 14.8 Å². The highest BCUT2D eigenvalue weighted by atomic mass is 35.5. The summed E-state index contributed by atoms with van der Waals surface area (Å²) in [6, 6.07) is 15.0. The van der Waals surface area contributed by atoms with Gasteiger partial charge in [-0.15, -0.1) is 22.6 Å². The maximum atomic E-state index is 11.7. The van der Waals surface area contributed by atoms with Gasteiger partial charge in [0, 0.05) is 18.9 Å². The molecule has 1 saturated carbocycles. The molecule has 0 amide bonds. The molecular formula is C19H19Cl2N3O2S. The smallest absolute Gasteiger partial charge is 0.175 e. The Hall–Kier alpha value is -1.89. The molecule has 0 unspecified atom stereocenters. The molecule has 0 bridgehead atoms. The molecule has 4 rings (SSSR count). The van der Waals surface area contributed by atoms with Crippen LogP contribution in [0.1, 0.15) is 24.2 Å². The van der Waals surface area contributed by atoms with Crippen molar-refractivity contribution >= 4 is 33.8 Å². The molecule has 142 valence electrons. The van der Waals surface area contributed by atoms with E-state index < -0.39 is 9.84 Å². The number of hydrogen-bond donors (Lipinski definition) is 0. The van der Waals surface area contributed by atoms with Crippen molar-refractivity contribution < 1.29 is 8.42 Å². The van der Waals surface area contributed by atoms with Gasteiger partial charge in [-0.2, -0.15) is 0 Å². The van der Waals surface area contributed by atoms with Crippen LogP contribution in [0.3, 0.4) is 0 Å². The summed E-state index contributed by atoms with van der Waals surface area (Å²) in [5.41, 5.74) is 1.81. The summed E-state index contributed by atoms with van der Waals surface area (Å²) in [4.78, 5) is 0.191. The van der Waals surface area contributed by atoms with E-state index in [1.165, 1.54) is 11.6 Å². The summed E-state index contributed by atoms with van der Waals surface area (Å²) >= 11 is 6.35. The van der Waals surface area contributed by atoms with E-state index in [0.29, 0.717) is 16.4 Å². The molecule has 0 saturated heterocycles. The molecule has 1 aliphatic rings. The summed E-state index contributed by atoms with van der Waals surface area (Å²) in [7, 11) is -1.38. The zero-order valence-corrected chi connectivity index (χ0v) is 17.3. The average Bonchev–Trinajstić information content (AvgIpc) is 3.32. The predicted molar refractivity (Wildman–Crippen MR) is 108 cm³/mol. The van der Waals surface area contributed by atoms with Crippen molar-refractivity contribution in [3.63, 3.8) is 0 Å². The van der Waals surface area contributed by atoms with E-state index in [0.717, 1.165) is 24.9 Å². The lowest BCUT2D eigenvalue weighted by atomic mass is 9.95. The zero-order valence-electron chi connectivity index (χ0n) is 14.9. The van der Waals surface area contributed by atoms with Crippen LogP contribution < -0.4 is 0 Å². The Labute approximate surface area is 169 Å². The third kappa shape index (κ3) is 3.37. The highest BCUT2D eigenvalue weighted by Gasteiger charge is 2.49. The molecule has 3 aromatic rings. The highest BCUT2D eigenvalue weighted by molar-refractivity contribution is 7.90. The maximum absolute atomic E-state index is 11.7. The number of rotatable bonds is 4. The van der Waals surface area contributed by atoms with Crippen LogP contribution in [0, 0.1) is 0 Å². The largest absolute Gasteiger partial charge is 0.313 e. The van der Waals surface area contributed by atoms with Gasteiger partial charge in [-0.05, 0) is 36.6 Å². The molecule has 1 aromatic heterocycles. The molecule has 27 heavy (non-hydrogen) atoms. The van der Waals surface area contributed by atoms with Crippen LogP contribution in [0.15, 0.2) is 53.4 Å². The molecule has 1 aliphatic carbocycles. The second-order valence-electron chi connectivity index (χ2n) is 6.77. The van der Waals surface area contributed by atoms with Gasteiger partial charge in [-0.3, -0.25) is 0 Å². The van der Waals surface area contributed by atoms with Crippen LogP contribution >= 0.6 is 24.0 Å². The molecule has 2 aromatic carbocycles. The van der Waals surface area contributed by atoms with Gasteiger partial charge in [0.05, 0.1) is 15.3 Å². The van der Waals surface area contributed by atoms with Gasteiger partial charge in [0.1, 0.15) is 5.82 Å². The fourth-order valence-corrected chi connectivity index (χ4v) is 4.39. The number of aromatic nitrogens is 3. The lowest BCUT2D eigenvalue weighted by Crippen LogP contribution is -2.15. The van der Waals surface area contributed by atoms with E-state index in [2.05, 4.69) is 22.3 Å². The first-order valence-electron chi connectivity index (χ1n) is 8.28. The lowest BCUT2D eigenvalue weighted by Gasteiger charge is -2.15. The van der Waals surface area contributed by atoms with Crippen molar-refractivity contribution in [2.75, 3.05) is 6.26 Å². The van der Waals surface area contributed by atoms with Gasteiger partial charge >= 0.3 is 0 Å². The van der Waals surface area contributed by atoms with Gasteiger partial charge in [0.15, 0.2) is 15.7 Å². The Morgan fingerprint density at radius 2 is 1.74 bits per heavy atom. The third-order valence-electron chi connectivity index (χ3n) is 4.99. The monoisotopic (exact) mass is 423 g/mol. The Morgan fingerprint density at radius 3 is 2.30 bits per heavy atom. The van der Waals surface area contributed by atoms with E-state index in [-0.39, 0.29) is 22.7 Å². The first-order chi connectivity index (χ1) is 12.3.